The van der Waals surface area contributed by atoms with Crippen molar-refractivity contribution in [3.05, 3.63) is 60.5 Å². The van der Waals surface area contributed by atoms with Crippen molar-refractivity contribution in [1.82, 2.24) is 20.3 Å². The van der Waals surface area contributed by atoms with Gasteiger partial charge in [-0.3, -0.25) is 4.79 Å². The number of carbonyl (C=O) groups is 1. The van der Waals surface area contributed by atoms with Crippen LogP contribution in [-0.4, -0.2) is 94.5 Å². The Morgan fingerprint density at radius 2 is 1.92 bits per heavy atom. The number of nitrogens with zero attached hydrogens (tertiary/aromatic N) is 4. The lowest BCUT2D eigenvalue weighted by Crippen LogP contribution is -2.56. The molecule has 3 aromatic rings. The summed E-state index contributed by atoms with van der Waals surface area (Å²) in [5.41, 5.74) is 1.77. The van der Waals surface area contributed by atoms with Crippen LogP contribution < -0.4 is 15.0 Å². The molecule has 0 aliphatic carbocycles. The number of ether oxygens (including phenoxy) is 2. The normalized spacial score (nSPS) is 23.2. The van der Waals surface area contributed by atoms with E-state index in [0.29, 0.717) is 24.3 Å². The Morgan fingerprint density at radius 1 is 1.18 bits per heavy atom. The number of methoxy groups -OCH3 is 1. The number of nitrogens with one attached hydrogen (secondary N) is 1. The SMILES string of the molecule is COc1ccc(N(C)CCNC(=O)C[C@@H]2O[C@H](CO)[C@H](O)[C@H](n3cc(-c4cccc(F)c4)nn3)[C@H]2O)cc1. The predicted octanol–water partition coefficient (Wildman–Crippen LogP) is 0.758. The fraction of sp³-hybridized carbons (Fsp3) is 0.423. The molecule has 0 bridgehead atoms. The molecule has 1 saturated heterocycles. The van der Waals surface area contributed by atoms with Crippen LogP contribution in [0.1, 0.15) is 12.5 Å². The number of hydrogen-bond acceptors (Lipinski definition) is 9. The molecule has 12 heteroatoms. The minimum Gasteiger partial charge on any atom is -0.497 e. The van der Waals surface area contributed by atoms with Crippen molar-refractivity contribution >= 4 is 11.6 Å². The van der Waals surface area contributed by atoms with Gasteiger partial charge < -0.3 is 35.0 Å². The van der Waals surface area contributed by atoms with Crippen molar-refractivity contribution < 1.29 is 34.0 Å². The van der Waals surface area contributed by atoms with Gasteiger partial charge in [0, 0.05) is 31.4 Å². The lowest BCUT2D eigenvalue weighted by molar-refractivity contribution is -0.207. The maximum Gasteiger partial charge on any atom is 0.222 e. The molecule has 0 radical (unpaired) electrons. The van der Waals surface area contributed by atoms with E-state index in [1.807, 2.05) is 36.2 Å². The fourth-order valence-electron chi connectivity index (χ4n) is 4.45. The molecule has 5 atom stereocenters. The Hall–Kier alpha value is -3.58. The summed E-state index contributed by atoms with van der Waals surface area (Å²) in [5.74, 6) is -0.0463. The van der Waals surface area contributed by atoms with E-state index in [1.165, 1.54) is 29.1 Å². The van der Waals surface area contributed by atoms with Crippen molar-refractivity contribution in [3.8, 4) is 17.0 Å². The number of benzene rings is 2. The third-order valence-corrected chi connectivity index (χ3v) is 6.60. The molecule has 4 N–H and O–H groups in total. The van der Waals surface area contributed by atoms with Gasteiger partial charge in [0.15, 0.2) is 0 Å². The number of rotatable bonds is 10. The molecule has 2 aromatic carbocycles. The second kappa shape index (κ2) is 12.3. The van der Waals surface area contributed by atoms with E-state index in [9.17, 15) is 24.5 Å². The zero-order chi connectivity index (χ0) is 27.2. The Morgan fingerprint density at radius 3 is 2.61 bits per heavy atom. The van der Waals surface area contributed by atoms with Crippen molar-refractivity contribution in [1.29, 1.82) is 0 Å². The third kappa shape index (κ3) is 6.27. The second-order valence-corrected chi connectivity index (χ2v) is 9.14. The van der Waals surface area contributed by atoms with Gasteiger partial charge in [-0.15, -0.1) is 5.10 Å². The highest BCUT2D eigenvalue weighted by atomic mass is 19.1. The number of aliphatic hydroxyl groups is 3. The van der Waals surface area contributed by atoms with E-state index >= 15 is 0 Å². The van der Waals surface area contributed by atoms with Crippen molar-refractivity contribution in [2.75, 3.05) is 38.8 Å². The number of aliphatic hydroxyl groups excluding tert-OH is 3. The molecule has 1 fully saturated rings. The van der Waals surface area contributed by atoms with Crippen LogP contribution in [0.4, 0.5) is 10.1 Å². The van der Waals surface area contributed by atoms with Crippen LogP contribution in [0.5, 0.6) is 5.75 Å². The number of amides is 1. The summed E-state index contributed by atoms with van der Waals surface area (Å²) in [6, 6.07) is 12.3. The summed E-state index contributed by atoms with van der Waals surface area (Å²) in [5, 5.41) is 42.4. The number of anilines is 1. The van der Waals surface area contributed by atoms with Crippen LogP contribution in [0.25, 0.3) is 11.3 Å². The Bertz CT molecular complexity index is 1210. The minimum absolute atomic E-state index is 0.196. The molecule has 204 valence electrons. The van der Waals surface area contributed by atoms with Gasteiger partial charge in [0.25, 0.3) is 0 Å². The van der Waals surface area contributed by atoms with Crippen LogP contribution in [0.2, 0.25) is 0 Å². The molecule has 1 amide bonds. The lowest BCUT2D eigenvalue weighted by Gasteiger charge is -2.42. The van der Waals surface area contributed by atoms with E-state index in [2.05, 4.69) is 15.6 Å². The Kier molecular flexibility index (Phi) is 8.89. The zero-order valence-electron chi connectivity index (χ0n) is 21.1. The highest BCUT2D eigenvalue weighted by molar-refractivity contribution is 5.76. The summed E-state index contributed by atoms with van der Waals surface area (Å²) in [6.45, 7) is 0.356. The van der Waals surface area contributed by atoms with Crippen molar-refractivity contribution in [2.24, 2.45) is 0 Å². The number of carbonyl (C=O) groups excluding carboxylic acids is 1. The molecule has 1 aliphatic heterocycles. The minimum atomic E-state index is -1.33. The monoisotopic (exact) mass is 529 g/mol. The summed E-state index contributed by atoms with van der Waals surface area (Å²) in [7, 11) is 3.50. The van der Waals surface area contributed by atoms with Crippen LogP contribution >= 0.6 is 0 Å². The summed E-state index contributed by atoms with van der Waals surface area (Å²) >= 11 is 0. The van der Waals surface area contributed by atoms with Gasteiger partial charge in [-0.05, 0) is 36.4 Å². The number of halogens is 1. The van der Waals surface area contributed by atoms with E-state index < -0.39 is 42.9 Å². The van der Waals surface area contributed by atoms with Gasteiger partial charge in [-0.25, -0.2) is 9.07 Å². The smallest absolute Gasteiger partial charge is 0.222 e. The van der Waals surface area contributed by atoms with Gasteiger partial charge in [0.05, 0.1) is 32.4 Å². The van der Waals surface area contributed by atoms with E-state index in [1.54, 1.807) is 13.2 Å². The molecular formula is C26H32FN5O6. The van der Waals surface area contributed by atoms with Gasteiger partial charge in [-0.2, -0.15) is 0 Å². The van der Waals surface area contributed by atoms with Gasteiger partial charge in [-0.1, -0.05) is 17.3 Å². The summed E-state index contributed by atoms with van der Waals surface area (Å²) in [4.78, 5) is 14.6. The highest BCUT2D eigenvalue weighted by Crippen LogP contribution is 2.32. The van der Waals surface area contributed by atoms with Gasteiger partial charge in [0.2, 0.25) is 5.91 Å². The zero-order valence-corrected chi connectivity index (χ0v) is 21.1. The second-order valence-electron chi connectivity index (χ2n) is 9.14. The van der Waals surface area contributed by atoms with E-state index in [4.69, 9.17) is 9.47 Å². The lowest BCUT2D eigenvalue weighted by atomic mass is 9.91. The number of likely N-dealkylation sites (N-methyl/N-ethyl adjacent to an activating group) is 1. The standard InChI is InChI=1S/C26H32FN5O6/c1-31(18-6-8-19(37-2)9-7-18)11-10-28-23(34)13-21-25(35)24(26(36)22(15-33)38-21)32-14-20(29-30-32)16-4-3-5-17(27)12-16/h3-9,12,14,21-22,24-26,33,35-36H,10-11,13,15H2,1-2H3,(H,28,34)/t21-,22+,24+,25-,26-/m0/s1. The van der Waals surface area contributed by atoms with Crippen LogP contribution in [0, 0.1) is 5.82 Å². The van der Waals surface area contributed by atoms with Gasteiger partial charge in [0.1, 0.15) is 41.6 Å². The van der Waals surface area contributed by atoms with Crippen LogP contribution in [-0.2, 0) is 9.53 Å². The quantitative estimate of drug-likeness (QED) is 0.299. The first-order valence-electron chi connectivity index (χ1n) is 12.2. The molecule has 0 unspecified atom stereocenters. The summed E-state index contributed by atoms with van der Waals surface area (Å²) in [6.07, 6.45) is -3.45. The molecule has 4 rings (SSSR count). The predicted molar refractivity (Wildman–Crippen MR) is 136 cm³/mol. The molecule has 38 heavy (non-hydrogen) atoms. The third-order valence-electron chi connectivity index (χ3n) is 6.60. The Balaban J connectivity index is 1.38. The largest absolute Gasteiger partial charge is 0.497 e. The van der Waals surface area contributed by atoms with Crippen molar-refractivity contribution in [2.45, 2.75) is 36.9 Å². The maximum atomic E-state index is 13.6. The first kappa shape index (κ1) is 27.5. The first-order chi connectivity index (χ1) is 18.3. The number of aromatic nitrogens is 3. The van der Waals surface area contributed by atoms with Gasteiger partial charge >= 0.3 is 0 Å². The molecule has 1 aliphatic rings. The fourth-order valence-corrected chi connectivity index (χ4v) is 4.45. The average Bonchev–Trinajstić information content (AvgIpc) is 3.40. The molecule has 0 spiro atoms. The van der Waals surface area contributed by atoms with E-state index in [-0.39, 0.29) is 12.3 Å². The topological polar surface area (TPSA) is 142 Å². The maximum absolute atomic E-state index is 13.6. The van der Waals surface area contributed by atoms with E-state index in [0.717, 1.165) is 11.4 Å². The highest BCUT2D eigenvalue weighted by Gasteiger charge is 2.46. The molecule has 11 nitrogen and oxygen atoms in total. The molecule has 1 aromatic heterocycles. The first-order valence-corrected chi connectivity index (χ1v) is 12.2. The average molecular weight is 530 g/mol. The molecule has 2 heterocycles. The Labute approximate surface area is 219 Å². The summed E-state index contributed by atoms with van der Waals surface area (Å²) < 4.78 is 25.7. The van der Waals surface area contributed by atoms with Crippen LogP contribution in [0.3, 0.4) is 0 Å². The number of hydrogen-bond donors (Lipinski definition) is 4. The van der Waals surface area contributed by atoms with Crippen molar-refractivity contribution in [3.63, 3.8) is 0 Å². The molecular weight excluding hydrogens is 497 g/mol. The molecule has 0 saturated carbocycles. The van der Waals surface area contributed by atoms with Crippen LogP contribution in [0.15, 0.2) is 54.7 Å².